The van der Waals surface area contributed by atoms with Crippen molar-refractivity contribution in [1.82, 2.24) is 24.9 Å². The number of pyridine rings is 1. The van der Waals surface area contributed by atoms with E-state index in [-0.39, 0.29) is 5.95 Å². The van der Waals surface area contributed by atoms with E-state index >= 15 is 0 Å². The predicted octanol–water partition coefficient (Wildman–Crippen LogP) is 1.14. The van der Waals surface area contributed by atoms with E-state index in [1.807, 2.05) is 30.3 Å². The van der Waals surface area contributed by atoms with Gasteiger partial charge in [-0.15, -0.1) is 0 Å². The lowest BCUT2D eigenvalue weighted by atomic mass is 10.2. The van der Waals surface area contributed by atoms with Crippen LogP contribution in [0.15, 0.2) is 66.0 Å². The van der Waals surface area contributed by atoms with Crippen molar-refractivity contribution in [1.29, 1.82) is 0 Å². The second-order valence-corrected chi connectivity index (χ2v) is 4.51. The molecule has 0 spiro atoms. The highest BCUT2D eigenvalue weighted by Gasteiger charge is 2.03. The van der Waals surface area contributed by atoms with Gasteiger partial charge in [0.25, 0.3) is 0 Å². The molecule has 0 unspecified atom stereocenters. The van der Waals surface area contributed by atoms with Crippen LogP contribution in [0.25, 0.3) is 5.69 Å². The summed E-state index contributed by atoms with van der Waals surface area (Å²) < 4.78 is 1.33. The topological polar surface area (TPSA) is 84.7 Å². The van der Waals surface area contributed by atoms with Crippen LogP contribution in [0.5, 0.6) is 0 Å². The van der Waals surface area contributed by atoms with E-state index in [1.54, 1.807) is 24.5 Å². The maximum atomic E-state index is 12.0. The van der Waals surface area contributed by atoms with Gasteiger partial charge in [-0.2, -0.15) is 4.98 Å². The van der Waals surface area contributed by atoms with Crippen molar-refractivity contribution in [2.75, 3.05) is 5.43 Å². The van der Waals surface area contributed by atoms with Crippen LogP contribution in [0.1, 0.15) is 5.56 Å². The Balaban J connectivity index is 1.66. The van der Waals surface area contributed by atoms with Crippen LogP contribution in [0.4, 0.5) is 5.95 Å². The first-order valence-corrected chi connectivity index (χ1v) is 6.72. The summed E-state index contributed by atoms with van der Waals surface area (Å²) in [6.45, 7) is 0.593. The molecule has 0 saturated heterocycles. The van der Waals surface area contributed by atoms with Gasteiger partial charge in [0, 0.05) is 12.7 Å². The number of anilines is 1. The van der Waals surface area contributed by atoms with Crippen LogP contribution in [0, 0.1) is 0 Å². The Hall–Kier alpha value is -3.06. The SMILES string of the molecule is O=c1nc(NNCc2ccccc2)ncn1-c1cccnc1. The van der Waals surface area contributed by atoms with Crippen LogP contribution in [0.3, 0.4) is 0 Å². The van der Waals surface area contributed by atoms with Crippen LogP contribution >= 0.6 is 0 Å². The molecule has 0 fully saturated rings. The molecule has 1 aromatic carbocycles. The minimum absolute atomic E-state index is 0.223. The number of hydrogen-bond acceptors (Lipinski definition) is 6. The van der Waals surface area contributed by atoms with E-state index in [0.29, 0.717) is 12.2 Å². The third kappa shape index (κ3) is 3.33. The van der Waals surface area contributed by atoms with Gasteiger partial charge in [-0.05, 0) is 17.7 Å². The molecule has 3 aromatic rings. The molecule has 0 radical (unpaired) electrons. The van der Waals surface area contributed by atoms with E-state index < -0.39 is 5.69 Å². The van der Waals surface area contributed by atoms with Crippen molar-refractivity contribution in [3.63, 3.8) is 0 Å². The van der Waals surface area contributed by atoms with Gasteiger partial charge in [0.15, 0.2) is 0 Å². The van der Waals surface area contributed by atoms with Crippen molar-refractivity contribution in [3.8, 4) is 5.69 Å². The third-order valence-corrected chi connectivity index (χ3v) is 2.96. The Kier molecular flexibility index (Phi) is 4.17. The van der Waals surface area contributed by atoms with Crippen LogP contribution in [-0.2, 0) is 6.54 Å². The molecule has 110 valence electrons. The Labute approximate surface area is 126 Å². The van der Waals surface area contributed by atoms with Crippen LogP contribution < -0.4 is 16.5 Å². The molecular weight excluding hydrogens is 280 g/mol. The first-order chi connectivity index (χ1) is 10.8. The average molecular weight is 294 g/mol. The molecule has 2 N–H and O–H groups in total. The summed E-state index contributed by atoms with van der Waals surface area (Å²) >= 11 is 0. The van der Waals surface area contributed by atoms with Gasteiger partial charge in [0.1, 0.15) is 6.33 Å². The molecule has 3 rings (SSSR count). The summed E-state index contributed by atoms with van der Waals surface area (Å²) in [4.78, 5) is 23.9. The lowest BCUT2D eigenvalue weighted by molar-refractivity contribution is 0.766. The highest BCUT2D eigenvalue weighted by Crippen LogP contribution is 2.01. The van der Waals surface area contributed by atoms with E-state index in [4.69, 9.17) is 0 Å². The van der Waals surface area contributed by atoms with Crippen molar-refractivity contribution in [2.24, 2.45) is 0 Å². The maximum absolute atomic E-state index is 12.0. The quantitative estimate of drug-likeness (QED) is 0.686. The summed E-state index contributed by atoms with van der Waals surface area (Å²) in [6, 6.07) is 13.4. The molecule has 0 aliphatic rings. The largest absolute Gasteiger partial charge is 0.356 e. The normalized spacial score (nSPS) is 10.4. The predicted molar refractivity (Wildman–Crippen MR) is 82.3 cm³/mol. The highest BCUT2D eigenvalue weighted by atomic mass is 16.1. The van der Waals surface area contributed by atoms with Gasteiger partial charge in [0.2, 0.25) is 5.95 Å². The van der Waals surface area contributed by atoms with Crippen molar-refractivity contribution >= 4 is 5.95 Å². The van der Waals surface area contributed by atoms with Crippen molar-refractivity contribution in [2.45, 2.75) is 6.54 Å². The zero-order valence-electron chi connectivity index (χ0n) is 11.7. The first-order valence-electron chi connectivity index (χ1n) is 6.72. The van der Waals surface area contributed by atoms with Crippen LogP contribution in [-0.4, -0.2) is 19.5 Å². The number of hydrogen-bond donors (Lipinski definition) is 2. The number of benzene rings is 1. The number of nitrogens with zero attached hydrogens (tertiary/aromatic N) is 4. The summed E-state index contributed by atoms with van der Waals surface area (Å²) in [6.07, 6.45) is 4.63. The molecule has 2 heterocycles. The van der Waals surface area contributed by atoms with E-state index in [1.165, 1.54) is 10.9 Å². The zero-order valence-corrected chi connectivity index (χ0v) is 11.7. The van der Waals surface area contributed by atoms with Crippen molar-refractivity contribution < 1.29 is 0 Å². The van der Waals surface area contributed by atoms with E-state index in [0.717, 1.165) is 5.56 Å². The minimum Gasteiger partial charge on any atom is -0.289 e. The summed E-state index contributed by atoms with van der Waals surface area (Å²) in [7, 11) is 0. The lowest BCUT2D eigenvalue weighted by Crippen LogP contribution is -2.28. The Morgan fingerprint density at radius 3 is 2.68 bits per heavy atom. The molecule has 0 aliphatic carbocycles. The van der Waals surface area contributed by atoms with E-state index in [9.17, 15) is 4.79 Å². The van der Waals surface area contributed by atoms with E-state index in [2.05, 4.69) is 25.8 Å². The first kappa shape index (κ1) is 13.9. The standard InChI is InChI=1S/C15H14N6O/c22-15-19-14(20-18-9-12-5-2-1-3-6-12)17-11-21(15)13-7-4-8-16-10-13/h1-8,10-11,18H,9H2,(H,19,20,22). The maximum Gasteiger partial charge on any atom is 0.356 e. The molecular formula is C15H14N6O. The average Bonchev–Trinajstić information content (AvgIpc) is 2.57. The molecule has 0 amide bonds. The number of hydrazine groups is 1. The molecule has 2 aromatic heterocycles. The summed E-state index contributed by atoms with van der Waals surface area (Å²) in [5.74, 6) is 0.223. The summed E-state index contributed by atoms with van der Waals surface area (Å²) in [5, 5.41) is 0. The van der Waals surface area contributed by atoms with Gasteiger partial charge in [-0.1, -0.05) is 30.3 Å². The monoisotopic (exact) mass is 294 g/mol. The second-order valence-electron chi connectivity index (χ2n) is 4.51. The van der Waals surface area contributed by atoms with Crippen molar-refractivity contribution in [3.05, 3.63) is 77.2 Å². The number of nitrogens with one attached hydrogen (secondary N) is 2. The molecule has 7 nitrogen and oxygen atoms in total. The molecule has 0 atom stereocenters. The zero-order chi connectivity index (χ0) is 15.2. The van der Waals surface area contributed by atoms with Crippen LogP contribution in [0.2, 0.25) is 0 Å². The Morgan fingerprint density at radius 1 is 1.09 bits per heavy atom. The lowest BCUT2D eigenvalue weighted by Gasteiger charge is -2.08. The van der Waals surface area contributed by atoms with Gasteiger partial charge in [0.05, 0.1) is 11.9 Å². The Bertz CT molecular complexity index is 788. The third-order valence-electron chi connectivity index (χ3n) is 2.96. The Morgan fingerprint density at radius 2 is 1.95 bits per heavy atom. The smallest absolute Gasteiger partial charge is 0.289 e. The molecule has 0 aliphatic heterocycles. The second kappa shape index (κ2) is 6.59. The minimum atomic E-state index is -0.424. The van der Waals surface area contributed by atoms with Gasteiger partial charge in [-0.3, -0.25) is 10.4 Å². The highest BCUT2D eigenvalue weighted by molar-refractivity contribution is 5.28. The fourth-order valence-electron chi connectivity index (χ4n) is 1.89. The molecule has 0 saturated carbocycles. The fraction of sp³-hybridized carbons (Fsp3) is 0.0667. The molecule has 7 heteroatoms. The van der Waals surface area contributed by atoms with Gasteiger partial charge in [-0.25, -0.2) is 19.8 Å². The summed E-state index contributed by atoms with van der Waals surface area (Å²) in [5.41, 5.74) is 7.09. The molecule has 22 heavy (non-hydrogen) atoms. The number of aromatic nitrogens is 4. The fourth-order valence-corrected chi connectivity index (χ4v) is 1.89. The molecule has 0 bridgehead atoms. The van der Waals surface area contributed by atoms with Gasteiger partial charge >= 0.3 is 5.69 Å². The van der Waals surface area contributed by atoms with Gasteiger partial charge < -0.3 is 0 Å². The number of rotatable bonds is 5.